The smallest absolute Gasteiger partial charge is 0.319 e. The van der Waals surface area contributed by atoms with Crippen molar-refractivity contribution in [3.8, 4) is 34.8 Å². The van der Waals surface area contributed by atoms with Crippen molar-refractivity contribution in [2.75, 3.05) is 25.6 Å². The maximum absolute atomic E-state index is 12.4. The number of aromatic nitrogens is 4. The lowest BCUT2D eigenvalue weighted by Gasteiger charge is -2.16. The van der Waals surface area contributed by atoms with Crippen LogP contribution in [0.4, 0.5) is 10.5 Å². The fraction of sp³-hybridized carbons (Fsp3) is 0.120. The Bertz CT molecular complexity index is 1370. The van der Waals surface area contributed by atoms with Gasteiger partial charge in [0.2, 0.25) is 11.6 Å². The largest absolute Gasteiger partial charge is 0.493 e. The maximum atomic E-state index is 12.4. The molecule has 0 atom stereocenters. The highest BCUT2D eigenvalue weighted by Crippen LogP contribution is 2.38. The van der Waals surface area contributed by atoms with E-state index in [1.54, 1.807) is 54.6 Å². The number of carbonyl (C=O) groups excluding carboxylic acids is 2. The van der Waals surface area contributed by atoms with Gasteiger partial charge in [-0.25, -0.2) is 19.7 Å². The quantitative estimate of drug-likeness (QED) is 0.277. The summed E-state index contributed by atoms with van der Waals surface area (Å²) in [4.78, 5) is 41.3. The number of para-hydroxylation sites is 3. The average Bonchev–Trinajstić information content (AvgIpc) is 2.93. The molecule has 188 valence electrons. The Morgan fingerprint density at radius 1 is 0.892 bits per heavy atom. The summed E-state index contributed by atoms with van der Waals surface area (Å²) in [5.41, 5.74) is 6.02. The summed E-state index contributed by atoms with van der Waals surface area (Å²) >= 11 is 0. The third-order valence-electron chi connectivity index (χ3n) is 4.77. The van der Waals surface area contributed by atoms with E-state index < -0.39 is 11.9 Å². The first-order chi connectivity index (χ1) is 18.0. The lowest BCUT2D eigenvalue weighted by Crippen LogP contribution is -2.32. The first-order valence-corrected chi connectivity index (χ1v) is 11.1. The van der Waals surface area contributed by atoms with Crippen molar-refractivity contribution in [3.05, 3.63) is 78.8 Å². The van der Waals surface area contributed by atoms with Crippen LogP contribution in [0.1, 0.15) is 10.5 Å². The molecule has 0 bridgehead atoms. The fourth-order valence-corrected chi connectivity index (χ4v) is 3.12. The van der Waals surface area contributed by atoms with Gasteiger partial charge in [0, 0.05) is 18.1 Å². The number of hydrogen-bond donors (Lipinski definition) is 3. The van der Waals surface area contributed by atoms with Gasteiger partial charge < -0.3 is 30.6 Å². The molecule has 3 amide bonds. The molecule has 4 aromatic rings. The second-order valence-corrected chi connectivity index (χ2v) is 7.32. The van der Waals surface area contributed by atoms with Gasteiger partial charge in [-0.15, -0.1) is 0 Å². The minimum atomic E-state index is -0.880. The molecule has 12 heteroatoms. The summed E-state index contributed by atoms with van der Waals surface area (Å²) in [6, 6.07) is 17.0. The number of rotatable bonds is 10. The first kappa shape index (κ1) is 24.9. The Morgan fingerprint density at radius 2 is 1.59 bits per heavy atom. The van der Waals surface area contributed by atoms with E-state index in [1.807, 2.05) is 6.07 Å². The molecule has 0 radical (unpaired) electrons. The van der Waals surface area contributed by atoms with Gasteiger partial charge >= 0.3 is 6.03 Å². The predicted molar refractivity (Wildman–Crippen MR) is 134 cm³/mol. The summed E-state index contributed by atoms with van der Waals surface area (Å²) < 4.78 is 17.1. The van der Waals surface area contributed by atoms with E-state index in [0.717, 1.165) is 0 Å². The van der Waals surface area contributed by atoms with E-state index in [4.69, 9.17) is 19.9 Å². The van der Waals surface area contributed by atoms with Gasteiger partial charge in [0.25, 0.3) is 11.8 Å². The highest BCUT2D eigenvalue weighted by Gasteiger charge is 2.24. The zero-order valence-corrected chi connectivity index (χ0v) is 19.7. The van der Waals surface area contributed by atoms with Gasteiger partial charge in [-0.3, -0.25) is 4.79 Å². The van der Waals surface area contributed by atoms with Crippen LogP contribution < -0.4 is 30.6 Å². The van der Waals surface area contributed by atoms with Crippen LogP contribution >= 0.6 is 0 Å². The molecule has 0 unspecified atom stereocenters. The standard InChI is InChI=1S/C25H23N7O5/c1-35-17-10-5-6-11-18(17)37-20-19(21(26)33)31-23(22-27-12-7-13-28-22)32-24(20)36-15-14-29-25(34)30-16-8-3-2-4-9-16/h2-13H,14-15H2,1H3,(H2,26,33)(H2,29,30,34). The van der Waals surface area contributed by atoms with Crippen LogP contribution in [0.5, 0.6) is 23.1 Å². The molecule has 0 aliphatic heterocycles. The zero-order valence-electron chi connectivity index (χ0n) is 19.7. The van der Waals surface area contributed by atoms with Crippen molar-refractivity contribution < 1.29 is 23.8 Å². The molecule has 0 spiro atoms. The van der Waals surface area contributed by atoms with Crippen LogP contribution in [0.3, 0.4) is 0 Å². The number of nitrogens with two attached hydrogens (primary N) is 1. The zero-order chi connectivity index (χ0) is 26.0. The number of amides is 3. The molecule has 0 saturated carbocycles. The molecule has 4 rings (SSSR count). The third kappa shape index (κ3) is 6.45. The number of ether oxygens (including phenoxy) is 3. The Labute approximate surface area is 211 Å². The average molecular weight is 502 g/mol. The van der Waals surface area contributed by atoms with Gasteiger partial charge in [-0.05, 0) is 30.3 Å². The molecule has 37 heavy (non-hydrogen) atoms. The number of hydrogen-bond acceptors (Lipinski definition) is 9. The van der Waals surface area contributed by atoms with E-state index in [0.29, 0.717) is 11.4 Å². The fourth-order valence-electron chi connectivity index (χ4n) is 3.12. The molecule has 2 aromatic carbocycles. The molecule has 4 N–H and O–H groups in total. The number of anilines is 1. The first-order valence-electron chi connectivity index (χ1n) is 11.1. The summed E-state index contributed by atoms with van der Waals surface area (Å²) in [5.74, 6) is -0.253. The SMILES string of the molecule is COc1ccccc1Oc1c(OCCNC(=O)Nc2ccccc2)nc(-c2ncccn2)nc1C(N)=O. The van der Waals surface area contributed by atoms with E-state index in [-0.39, 0.29) is 47.9 Å². The summed E-state index contributed by atoms with van der Waals surface area (Å²) in [5, 5.41) is 5.38. The summed E-state index contributed by atoms with van der Waals surface area (Å²) in [6.07, 6.45) is 3.01. The highest BCUT2D eigenvalue weighted by atomic mass is 16.5. The van der Waals surface area contributed by atoms with Crippen LogP contribution in [0.2, 0.25) is 0 Å². The van der Waals surface area contributed by atoms with Crippen LogP contribution in [0.25, 0.3) is 11.6 Å². The van der Waals surface area contributed by atoms with Gasteiger partial charge in [0.15, 0.2) is 23.0 Å². The van der Waals surface area contributed by atoms with Crippen molar-refractivity contribution >= 4 is 17.6 Å². The number of carbonyl (C=O) groups is 2. The van der Waals surface area contributed by atoms with E-state index in [9.17, 15) is 9.59 Å². The molecular formula is C25H23N7O5. The van der Waals surface area contributed by atoms with Gasteiger partial charge in [0.1, 0.15) is 6.61 Å². The molecule has 0 saturated heterocycles. The number of nitrogens with zero attached hydrogens (tertiary/aromatic N) is 4. The predicted octanol–water partition coefficient (Wildman–Crippen LogP) is 3.03. The van der Waals surface area contributed by atoms with Crippen molar-refractivity contribution in [3.63, 3.8) is 0 Å². The Balaban J connectivity index is 1.59. The van der Waals surface area contributed by atoms with Crippen LogP contribution in [0, 0.1) is 0 Å². The van der Waals surface area contributed by atoms with E-state index >= 15 is 0 Å². The summed E-state index contributed by atoms with van der Waals surface area (Å²) in [6.45, 7) is 0.0919. The van der Waals surface area contributed by atoms with Crippen molar-refractivity contribution in [1.29, 1.82) is 0 Å². The number of methoxy groups -OCH3 is 1. The molecular weight excluding hydrogens is 478 g/mol. The van der Waals surface area contributed by atoms with Gasteiger partial charge in [-0.1, -0.05) is 30.3 Å². The second-order valence-electron chi connectivity index (χ2n) is 7.32. The van der Waals surface area contributed by atoms with Crippen LogP contribution in [-0.2, 0) is 0 Å². The van der Waals surface area contributed by atoms with Crippen molar-refractivity contribution in [2.45, 2.75) is 0 Å². The highest BCUT2D eigenvalue weighted by molar-refractivity contribution is 5.95. The van der Waals surface area contributed by atoms with Gasteiger partial charge in [0.05, 0.1) is 13.7 Å². The topological polar surface area (TPSA) is 163 Å². The lowest BCUT2D eigenvalue weighted by atomic mass is 10.3. The normalized spacial score (nSPS) is 10.3. The lowest BCUT2D eigenvalue weighted by molar-refractivity contribution is 0.0991. The van der Waals surface area contributed by atoms with Crippen LogP contribution in [-0.4, -0.2) is 52.1 Å². The summed E-state index contributed by atoms with van der Waals surface area (Å²) in [7, 11) is 1.48. The minimum absolute atomic E-state index is 0.00607. The monoisotopic (exact) mass is 501 g/mol. The molecule has 12 nitrogen and oxygen atoms in total. The number of urea groups is 1. The Kier molecular flexibility index (Phi) is 8.01. The molecule has 0 aliphatic rings. The number of nitrogens with one attached hydrogen (secondary N) is 2. The maximum Gasteiger partial charge on any atom is 0.319 e. The third-order valence-corrected chi connectivity index (χ3v) is 4.77. The minimum Gasteiger partial charge on any atom is -0.493 e. The van der Waals surface area contributed by atoms with Gasteiger partial charge in [-0.2, -0.15) is 4.98 Å². The Morgan fingerprint density at radius 3 is 2.30 bits per heavy atom. The van der Waals surface area contributed by atoms with Crippen molar-refractivity contribution in [1.82, 2.24) is 25.3 Å². The second kappa shape index (κ2) is 11.9. The number of benzene rings is 2. The molecule has 2 heterocycles. The molecule has 0 aliphatic carbocycles. The van der Waals surface area contributed by atoms with Crippen LogP contribution in [0.15, 0.2) is 73.1 Å². The Hall–Kier alpha value is -5.26. The molecule has 0 fully saturated rings. The van der Waals surface area contributed by atoms with E-state index in [2.05, 4.69) is 30.6 Å². The van der Waals surface area contributed by atoms with E-state index in [1.165, 1.54) is 19.5 Å². The van der Waals surface area contributed by atoms with Crippen molar-refractivity contribution in [2.24, 2.45) is 5.73 Å². The number of primary amides is 1. The molecule has 2 aromatic heterocycles.